The Bertz CT molecular complexity index is 530. The van der Waals surface area contributed by atoms with Crippen LogP contribution < -0.4 is 5.32 Å². The summed E-state index contributed by atoms with van der Waals surface area (Å²) in [6, 6.07) is 0.115. The molecule has 1 spiro atoms. The Kier molecular flexibility index (Phi) is 3.65. The lowest BCUT2D eigenvalue weighted by atomic mass is 9.85. The van der Waals surface area contributed by atoms with E-state index in [1.54, 1.807) is 4.90 Å². The molecule has 0 unspecified atom stereocenters. The van der Waals surface area contributed by atoms with Gasteiger partial charge in [0.1, 0.15) is 11.4 Å². The number of urea groups is 1. The largest absolute Gasteiger partial charge is 0.336 e. The molecule has 6 nitrogen and oxygen atoms in total. The van der Waals surface area contributed by atoms with Crippen LogP contribution in [0.4, 0.5) is 4.79 Å². The Morgan fingerprint density at radius 2 is 2.18 bits per heavy atom. The SMILES string of the molecule is CCN1C(=O)[C@]2(CC[C@@H]3CN(C(=O)NC(C)C)C[C@@H]32)N=C1C. The molecule has 2 fully saturated rings. The van der Waals surface area contributed by atoms with Gasteiger partial charge in [-0.1, -0.05) is 0 Å². The summed E-state index contributed by atoms with van der Waals surface area (Å²) in [6.07, 6.45) is 1.81. The maximum Gasteiger partial charge on any atom is 0.317 e. The zero-order chi connectivity index (χ0) is 16.1. The van der Waals surface area contributed by atoms with Gasteiger partial charge < -0.3 is 10.2 Å². The van der Waals surface area contributed by atoms with E-state index in [9.17, 15) is 9.59 Å². The zero-order valence-corrected chi connectivity index (χ0v) is 13.9. The first-order valence-corrected chi connectivity index (χ1v) is 8.33. The van der Waals surface area contributed by atoms with Gasteiger partial charge in [-0.25, -0.2) is 4.79 Å². The lowest BCUT2D eigenvalue weighted by Crippen LogP contribution is -2.48. The van der Waals surface area contributed by atoms with E-state index >= 15 is 0 Å². The molecular formula is C16H26N4O2. The van der Waals surface area contributed by atoms with Crippen molar-refractivity contribution in [3.05, 3.63) is 0 Å². The van der Waals surface area contributed by atoms with E-state index in [4.69, 9.17) is 4.99 Å². The van der Waals surface area contributed by atoms with E-state index in [1.165, 1.54) is 0 Å². The Morgan fingerprint density at radius 1 is 1.45 bits per heavy atom. The number of rotatable bonds is 2. The van der Waals surface area contributed by atoms with Crippen molar-refractivity contribution in [3.8, 4) is 0 Å². The highest BCUT2D eigenvalue weighted by Crippen LogP contribution is 2.50. The van der Waals surface area contributed by atoms with Crippen molar-refractivity contribution in [2.24, 2.45) is 16.8 Å². The summed E-state index contributed by atoms with van der Waals surface area (Å²) in [5.74, 6) is 1.55. The van der Waals surface area contributed by atoms with Gasteiger partial charge in [-0.3, -0.25) is 14.7 Å². The lowest BCUT2D eigenvalue weighted by Gasteiger charge is -2.28. The smallest absolute Gasteiger partial charge is 0.317 e. The summed E-state index contributed by atoms with van der Waals surface area (Å²) in [7, 11) is 0. The highest BCUT2D eigenvalue weighted by molar-refractivity contribution is 6.07. The van der Waals surface area contributed by atoms with Crippen LogP contribution in [0.3, 0.4) is 0 Å². The molecule has 0 aromatic heterocycles. The van der Waals surface area contributed by atoms with Gasteiger partial charge in [-0.05, 0) is 46.5 Å². The molecule has 1 saturated carbocycles. The number of likely N-dealkylation sites (N-methyl/N-ethyl adjacent to an activating group) is 1. The van der Waals surface area contributed by atoms with Crippen LogP contribution in [-0.4, -0.2) is 58.8 Å². The van der Waals surface area contributed by atoms with Crippen LogP contribution >= 0.6 is 0 Å². The molecule has 22 heavy (non-hydrogen) atoms. The Balaban J connectivity index is 1.79. The molecule has 6 heteroatoms. The molecule has 122 valence electrons. The molecule has 1 N–H and O–H groups in total. The fourth-order valence-corrected chi connectivity index (χ4v) is 4.35. The number of likely N-dealkylation sites (tertiary alicyclic amines) is 1. The molecule has 0 radical (unpaired) electrons. The number of fused-ring (bicyclic) bond motifs is 2. The minimum absolute atomic E-state index is 0.0157. The molecule has 2 heterocycles. The highest BCUT2D eigenvalue weighted by atomic mass is 16.2. The molecule has 1 aliphatic carbocycles. The van der Waals surface area contributed by atoms with Gasteiger partial charge in [0, 0.05) is 31.6 Å². The summed E-state index contributed by atoms with van der Waals surface area (Å²) in [5.41, 5.74) is -0.600. The molecule has 3 atom stereocenters. The number of amidine groups is 1. The second-order valence-corrected chi connectivity index (χ2v) is 7.05. The number of aliphatic imine (C=N–C) groups is 1. The number of carbonyl (C=O) groups excluding carboxylic acids is 2. The number of hydrogen-bond acceptors (Lipinski definition) is 3. The van der Waals surface area contributed by atoms with Crippen molar-refractivity contribution in [2.45, 2.75) is 52.1 Å². The van der Waals surface area contributed by atoms with Gasteiger partial charge in [-0.2, -0.15) is 0 Å². The summed E-state index contributed by atoms with van der Waals surface area (Å²) < 4.78 is 0. The van der Waals surface area contributed by atoms with Crippen LogP contribution in [0.5, 0.6) is 0 Å². The molecule has 3 amide bonds. The second-order valence-electron chi connectivity index (χ2n) is 7.05. The zero-order valence-electron chi connectivity index (χ0n) is 13.9. The van der Waals surface area contributed by atoms with Crippen molar-refractivity contribution in [1.82, 2.24) is 15.1 Å². The van der Waals surface area contributed by atoms with Crippen molar-refractivity contribution >= 4 is 17.8 Å². The van der Waals surface area contributed by atoms with Gasteiger partial charge in [0.15, 0.2) is 0 Å². The summed E-state index contributed by atoms with van der Waals surface area (Å²) in [5, 5.41) is 2.95. The Labute approximate surface area is 131 Å². The fraction of sp³-hybridized carbons (Fsp3) is 0.812. The first kappa shape index (κ1) is 15.3. The first-order valence-electron chi connectivity index (χ1n) is 8.33. The normalized spacial score (nSPS) is 33.9. The first-order chi connectivity index (χ1) is 10.4. The predicted octanol–water partition coefficient (Wildman–Crippen LogP) is 1.47. The monoisotopic (exact) mass is 306 g/mol. The third-order valence-corrected chi connectivity index (χ3v) is 5.33. The topological polar surface area (TPSA) is 65.0 Å². The van der Waals surface area contributed by atoms with E-state index < -0.39 is 5.54 Å². The van der Waals surface area contributed by atoms with Crippen LogP contribution in [0.25, 0.3) is 0 Å². The maximum absolute atomic E-state index is 12.9. The quantitative estimate of drug-likeness (QED) is 0.839. The molecule has 3 aliphatic rings. The average molecular weight is 306 g/mol. The summed E-state index contributed by atoms with van der Waals surface area (Å²) in [4.78, 5) is 33.5. The van der Waals surface area contributed by atoms with Crippen molar-refractivity contribution < 1.29 is 9.59 Å². The number of nitrogens with zero attached hydrogens (tertiary/aromatic N) is 3. The highest BCUT2D eigenvalue weighted by Gasteiger charge is 2.60. The summed E-state index contributed by atoms with van der Waals surface area (Å²) in [6.45, 7) is 9.89. The molecule has 2 aliphatic heterocycles. The molecule has 3 rings (SSSR count). The van der Waals surface area contributed by atoms with Crippen molar-refractivity contribution in [1.29, 1.82) is 0 Å². The lowest BCUT2D eigenvalue weighted by molar-refractivity contribution is -0.132. The predicted molar refractivity (Wildman–Crippen MR) is 84.7 cm³/mol. The number of amides is 3. The number of carbonyl (C=O) groups is 2. The maximum atomic E-state index is 12.9. The van der Waals surface area contributed by atoms with E-state index in [0.717, 1.165) is 25.2 Å². The van der Waals surface area contributed by atoms with Gasteiger partial charge >= 0.3 is 6.03 Å². The van der Waals surface area contributed by atoms with Gasteiger partial charge in [0.2, 0.25) is 0 Å². The number of nitrogens with one attached hydrogen (secondary N) is 1. The molecule has 0 aromatic carbocycles. The van der Waals surface area contributed by atoms with Crippen LogP contribution in [0.2, 0.25) is 0 Å². The van der Waals surface area contributed by atoms with Crippen LogP contribution in [0, 0.1) is 11.8 Å². The standard InChI is InChI=1S/C16H26N4O2/c1-5-20-11(4)18-16(14(20)21)7-6-12-8-19(9-13(12)16)15(22)17-10(2)3/h10,12-13H,5-9H2,1-4H3,(H,17,22)/t12-,13+,16-/m1/s1. The molecular weight excluding hydrogens is 280 g/mol. The molecule has 1 saturated heterocycles. The van der Waals surface area contributed by atoms with Crippen LogP contribution in [0.15, 0.2) is 4.99 Å². The summed E-state index contributed by atoms with van der Waals surface area (Å²) >= 11 is 0. The minimum atomic E-state index is -0.600. The minimum Gasteiger partial charge on any atom is -0.336 e. The second kappa shape index (κ2) is 5.25. The molecule has 0 aromatic rings. The third kappa shape index (κ3) is 2.11. The van der Waals surface area contributed by atoms with E-state index in [-0.39, 0.29) is 23.9 Å². The fourth-order valence-electron chi connectivity index (χ4n) is 4.35. The van der Waals surface area contributed by atoms with Crippen LogP contribution in [-0.2, 0) is 4.79 Å². The van der Waals surface area contributed by atoms with Crippen molar-refractivity contribution in [3.63, 3.8) is 0 Å². The number of hydrogen-bond donors (Lipinski definition) is 1. The van der Waals surface area contributed by atoms with E-state index in [0.29, 0.717) is 19.0 Å². The van der Waals surface area contributed by atoms with Crippen LogP contribution in [0.1, 0.15) is 40.5 Å². The van der Waals surface area contributed by atoms with E-state index in [2.05, 4.69) is 5.32 Å². The van der Waals surface area contributed by atoms with Gasteiger partial charge in [-0.15, -0.1) is 0 Å². The average Bonchev–Trinajstić information content (AvgIpc) is 3.05. The van der Waals surface area contributed by atoms with Gasteiger partial charge in [0.25, 0.3) is 5.91 Å². The molecule has 0 bridgehead atoms. The van der Waals surface area contributed by atoms with Crippen molar-refractivity contribution in [2.75, 3.05) is 19.6 Å². The van der Waals surface area contributed by atoms with E-state index in [1.807, 2.05) is 32.6 Å². The van der Waals surface area contributed by atoms with Gasteiger partial charge in [0.05, 0.1) is 0 Å². The Morgan fingerprint density at radius 3 is 2.77 bits per heavy atom. The third-order valence-electron chi connectivity index (χ3n) is 5.33. The Hall–Kier alpha value is -1.59.